The summed E-state index contributed by atoms with van der Waals surface area (Å²) in [6, 6.07) is 0. The van der Waals surface area contributed by atoms with E-state index < -0.39 is 6.16 Å². The fraction of sp³-hybridized carbons (Fsp3) is 0.800. The van der Waals surface area contributed by atoms with E-state index in [4.69, 9.17) is 4.74 Å². The summed E-state index contributed by atoms with van der Waals surface area (Å²) in [7, 11) is 0. The molecule has 1 rings (SSSR count). The van der Waals surface area contributed by atoms with Crippen LogP contribution in [-0.2, 0) is 14.3 Å². The zero-order valence-corrected chi connectivity index (χ0v) is 9.33. The van der Waals surface area contributed by atoms with Crippen LogP contribution in [0.25, 0.3) is 0 Å². The van der Waals surface area contributed by atoms with E-state index in [0.29, 0.717) is 6.54 Å². The highest BCUT2D eigenvalue weighted by Gasteiger charge is 2.29. The van der Waals surface area contributed by atoms with Crippen molar-refractivity contribution in [1.29, 1.82) is 0 Å². The zero-order valence-electron chi connectivity index (χ0n) is 9.33. The molecule has 1 fully saturated rings. The van der Waals surface area contributed by atoms with Gasteiger partial charge in [0, 0.05) is 5.41 Å². The number of hydrogen-bond acceptors (Lipinski definition) is 4. The van der Waals surface area contributed by atoms with Crippen LogP contribution in [0.1, 0.15) is 27.2 Å². The van der Waals surface area contributed by atoms with Gasteiger partial charge in [-0.05, 0) is 6.42 Å². The Morgan fingerprint density at radius 2 is 2.27 bits per heavy atom. The van der Waals surface area contributed by atoms with Crippen molar-refractivity contribution in [3.05, 3.63) is 0 Å². The molecule has 1 saturated heterocycles. The van der Waals surface area contributed by atoms with Crippen LogP contribution in [0.3, 0.4) is 0 Å². The van der Waals surface area contributed by atoms with E-state index in [1.54, 1.807) is 0 Å². The fourth-order valence-corrected chi connectivity index (χ4v) is 1.07. The summed E-state index contributed by atoms with van der Waals surface area (Å²) in [5, 5.41) is 2.74. The molecule has 0 aromatic rings. The number of amides is 1. The van der Waals surface area contributed by atoms with Crippen LogP contribution in [0.5, 0.6) is 0 Å². The number of nitrogens with one attached hydrogen (secondary N) is 1. The van der Waals surface area contributed by atoms with Crippen LogP contribution < -0.4 is 5.32 Å². The van der Waals surface area contributed by atoms with Crippen molar-refractivity contribution in [2.75, 3.05) is 13.2 Å². The normalized spacial score (nSPS) is 20.7. The minimum Gasteiger partial charge on any atom is -0.430 e. The molecule has 1 aliphatic heterocycles. The van der Waals surface area contributed by atoms with Crippen LogP contribution in [0.2, 0.25) is 0 Å². The molecule has 0 radical (unpaired) electrons. The van der Waals surface area contributed by atoms with Gasteiger partial charge in [-0.2, -0.15) is 0 Å². The lowest BCUT2D eigenvalue weighted by molar-refractivity contribution is -0.129. The average molecular weight is 215 g/mol. The maximum Gasteiger partial charge on any atom is 0.508 e. The first kappa shape index (κ1) is 11.8. The molecule has 1 heterocycles. The summed E-state index contributed by atoms with van der Waals surface area (Å²) in [4.78, 5) is 22.2. The Balaban J connectivity index is 2.31. The Kier molecular flexibility index (Phi) is 3.55. The summed E-state index contributed by atoms with van der Waals surface area (Å²) >= 11 is 0. The molecule has 1 atom stereocenters. The standard InChI is InChI=1S/C10H17NO4/c1-4-10(2,3)8(12)11-5-7-6-14-9(13)15-7/h7H,4-6H2,1-3H3,(H,11,12). The maximum atomic E-state index is 11.6. The quantitative estimate of drug-likeness (QED) is 0.712. The Bertz CT molecular complexity index is 262. The van der Waals surface area contributed by atoms with Gasteiger partial charge in [0.1, 0.15) is 6.61 Å². The first-order chi connectivity index (χ1) is 6.95. The van der Waals surface area contributed by atoms with E-state index in [-0.39, 0.29) is 24.0 Å². The molecule has 0 aromatic carbocycles. The van der Waals surface area contributed by atoms with Gasteiger partial charge in [0.15, 0.2) is 6.10 Å². The minimum absolute atomic E-state index is 0.0343. The number of carbonyl (C=O) groups is 2. The third-order valence-corrected chi connectivity index (χ3v) is 2.64. The van der Waals surface area contributed by atoms with Crippen molar-refractivity contribution in [2.45, 2.75) is 33.3 Å². The summed E-state index contributed by atoms with van der Waals surface area (Å²) < 4.78 is 9.38. The third-order valence-electron chi connectivity index (χ3n) is 2.64. The first-order valence-electron chi connectivity index (χ1n) is 5.07. The Morgan fingerprint density at radius 3 is 2.73 bits per heavy atom. The highest BCUT2D eigenvalue weighted by atomic mass is 16.8. The van der Waals surface area contributed by atoms with Crippen molar-refractivity contribution >= 4 is 12.1 Å². The average Bonchev–Trinajstić information content (AvgIpc) is 2.60. The molecule has 5 heteroatoms. The van der Waals surface area contributed by atoms with E-state index in [1.165, 1.54) is 0 Å². The van der Waals surface area contributed by atoms with Crippen LogP contribution in [0.15, 0.2) is 0 Å². The summed E-state index contributed by atoms with van der Waals surface area (Å²) in [5.41, 5.74) is -0.385. The van der Waals surface area contributed by atoms with Crippen molar-refractivity contribution in [3.63, 3.8) is 0 Å². The van der Waals surface area contributed by atoms with Crippen LogP contribution in [0.4, 0.5) is 4.79 Å². The maximum absolute atomic E-state index is 11.6. The molecule has 1 N–H and O–H groups in total. The second-order valence-corrected chi connectivity index (χ2v) is 4.25. The molecule has 5 nitrogen and oxygen atoms in total. The van der Waals surface area contributed by atoms with Gasteiger partial charge in [-0.1, -0.05) is 20.8 Å². The SMILES string of the molecule is CCC(C)(C)C(=O)NCC1COC(=O)O1. The predicted molar refractivity (Wildman–Crippen MR) is 53.3 cm³/mol. The lowest BCUT2D eigenvalue weighted by Crippen LogP contribution is -2.41. The molecule has 0 spiro atoms. The summed E-state index contributed by atoms with van der Waals surface area (Å²) in [6.45, 7) is 6.23. The van der Waals surface area contributed by atoms with Gasteiger partial charge in [-0.25, -0.2) is 4.79 Å². The zero-order chi connectivity index (χ0) is 11.5. The Morgan fingerprint density at radius 1 is 1.60 bits per heavy atom. The molecular weight excluding hydrogens is 198 g/mol. The number of hydrogen-bond donors (Lipinski definition) is 1. The lowest BCUT2D eigenvalue weighted by atomic mass is 9.89. The Labute approximate surface area is 89.1 Å². The van der Waals surface area contributed by atoms with Crippen molar-refractivity contribution in [1.82, 2.24) is 5.32 Å². The number of ether oxygens (including phenoxy) is 2. The van der Waals surface area contributed by atoms with Gasteiger partial charge in [0.05, 0.1) is 6.54 Å². The number of rotatable bonds is 4. The first-order valence-corrected chi connectivity index (χ1v) is 5.07. The van der Waals surface area contributed by atoms with E-state index in [1.807, 2.05) is 20.8 Å². The van der Waals surface area contributed by atoms with E-state index in [9.17, 15) is 9.59 Å². The number of carbonyl (C=O) groups excluding carboxylic acids is 2. The van der Waals surface area contributed by atoms with Crippen molar-refractivity contribution < 1.29 is 19.1 Å². The predicted octanol–water partition coefficient (Wildman–Crippen LogP) is 1.07. The second-order valence-electron chi connectivity index (χ2n) is 4.25. The van der Waals surface area contributed by atoms with Crippen LogP contribution in [0, 0.1) is 5.41 Å². The molecule has 0 aliphatic carbocycles. The Hall–Kier alpha value is -1.26. The third kappa shape index (κ3) is 3.11. The molecule has 0 aromatic heterocycles. The summed E-state index contributed by atoms with van der Waals surface area (Å²) in [6.07, 6.45) is -0.252. The van der Waals surface area contributed by atoms with Gasteiger partial charge in [-0.15, -0.1) is 0 Å². The smallest absolute Gasteiger partial charge is 0.430 e. The summed E-state index contributed by atoms with van der Waals surface area (Å²) in [5.74, 6) is -0.0343. The largest absolute Gasteiger partial charge is 0.508 e. The van der Waals surface area contributed by atoms with E-state index in [2.05, 4.69) is 10.1 Å². The van der Waals surface area contributed by atoms with Gasteiger partial charge >= 0.3 is 6.16 Å². The van der Waals surface area contributed by atoms with Crippen LogP contribution >= 0.6 is 0 Å². The minimum atomic E-state index is -0.663. The van der Waals surface area contributed by atoms with Crippen molar-refractivity contribution in [2.24, 2.45) is 5.41 Å². The van der Waals surface area contributed by atoms with E-state index in [0.717, 1.165) is 6.42 Å². The number of cyclic esters (lactones) is 2. The fourth-order valence-electron chi connectivity index (χ4n) is 1.07. The second kappa shape index (κ2) is 4.51. The van der Waals surface area contributed by atoms with Gasteiger partial charge in [-0.3, -0.25) is 4.79 Å². The molecular formula is C10H17NO4. The van der Waals surface area contributed by atoms with Gasteiger partial charge in [0.25, 0.3) is 0 Å². The lowest BCUT2D eigenvalue weighted by Gasteiger charge is -2.22. The molecule has 1 aliphatic rings. The highest BCUT2D eigenvalue weighted by molar-refractivity contribution is 5.81. The van der Waals surface area contributed by atoms with Crippen molar-refractivity contribution in [3.8, 4) is 0 Å². The topological polar surface area (TPSA) is 64.6 Å². The molecule has 0 saturated carbocycles. The highest BCUT2D eigenvalue weighted by Crippen LogP contribution is 2.19. The van der Waals surface area contributed by atoms with Crippen LogP contribution in [-0.4, -0.2) is 31.3 Å². The van der Waals surface area contributed by atoms with E-state index >= 15 is 0 Å². The monoisotopic (exact) mass is 215 g/mol. The molecule has 0 bridgehead atoms. The molecule has 15 heavy (non-hydrogen) atoms. The van der Waals surface area contributed by atoms with Gasteiger partial charge < -0.3 is 14.8 Å². The molecule has 1 amide bonds. The molecule has 1 unspecified atom stereocenters. The molecule has 86 valence electrons. The van der Waals surface area contributed by atoms with Gasteiger partial charge in [0.2, 0.25) is 5.91 Å².